The number of hydrogen-bond acceptors (Lipinski definition) is 3. The molecule has 1 rings (SSSR count). The molecule has 1 amide bonds. The molecule has 0 radical (unpaired) electrons. The molecule has 0 heterocycles. The monoisotopic (exact) mass is 283 g/mol. The van der Waals surface area contributed by atoms with Gasteiger partial charge in [0.25, 0.3) is 5.91 Å². The van der Waals surface area contributed by atoms with Crippen LogP contribution in [0, 0.1) is 18.7 Å². The highest BCUT2D eigenvalue weighted by atomic mass is 19.1. The van der Waals surface area contributed by atoms with Crippen LogP contribution in [-0.2, 0) is 4.74 Å². The number of benzene rings is 1. The Balaban J connectivity index is 2.41. The summed E-state index contributed by atoms with van der Waals surface area (Å²) in [5.41, 5.74) is 0.402. The number of carbonyl (C=O) groups is 1. The molecule has 4 nitrogen and oxygen atoms in total. The number of carbonyl (C=O) groups excluding carboxylic acids is 1. The van der Waals surface area contributed by atoms with Crippen molar-refractivity contribution in [2.75, 3.05) is 19.8 Å². The van der Waals surface area contributed by atoms with Crippen LogP contribution in [-0.4, -0.2) is 36.9 Å². The van der Waals surface area contributed by atoms with Gasteiger partial charge in [0.1, 0.15) is 5.82 Å². The maximum absolute atomic E-state index is 13.7. The van der Waals surface area contributed by atoms with Gasteiger partial charge in [-0.05, 0) is 24.5 Å². The molecule has 0 spiro atoms. The summed E-state index contributed by atoms with van der Waals surface area (Å²) in [6.45, 7) is 6.35. The van der Waals surface area contributed by atoms with E-state index in [0.29, 0.717) is 18.1 Å². The fourth-order valence-electron chi connectivity index (χ4n) is 1.63. The molecule has 1 aromatic carbocycles. The van der Waals surface area contributed by atoms with E-state index in [4.69, 9.17) is 4.74 Å². The van der Waals surface area contributed by atoms with E-state index < -0.39 is 17.8 Å². The van der Waals surface area contributed by atoms with Gasteiger partial charge in [-0.15, -0.1) is 0 Å². The van der Waals surface area contributed by atoms with Gasteiger partial charge in [-0.25, -0.2) is 4.39 Å². The molecule has 0 aromatic heterocycles. The Hall–Kier alpha value is -1.46. The van der Waals surface area contributed by atoms with Crippen LogP contribution in [0.5, 0.6) is 0 Å². The van der Waals surface area contributed by atoms with Gasteiger partial charge in [0.15, 0.2) is 0 Å². The van der Waals surface area contributed by atoms with E-state index in [1.807, 2.05) is 13.8 Å². The number of aryl methyl sites for hydroxylation is 1. The minimum atomic E-state index is -0.800. The molecule has 112 valence electrons. The smallest absolute Gasteiger partial charge is 0.254 e. The third kappa shape index (κ3) is 5.27. The number of nitrogens with one attached hydrogen (secondary N) is 1. The van der Waals surface area contributed by atoms with Gasteiger partial charge in [0.2, 0.25) is 0 Å². The van der Waals surface area contributed by atoms with Crippen LogP contribution >= 0.6 is 0 Å². The van der Waals surface area contributed by atoms with Gasteiger partial charge >= 0.3 is 0 Å². The van der Waals surface area contributed by atoms with Crippen molar-refractivity contribution >= 4 is 5.91 Å². The lowest BCUT2D eigenvalue weighted by molar-refractivity contribution is 0.0259. The molecule has 0 aliphatic rings. The van der Waals surface area contributed by atoms with E-state index in [1.165, 1.54) is 6.07 Å². The molecule has 2 N–H and O–H groups in total. The van der Waals surface area contributed by atoms with Gasteiger partial charge < -0.3 is 15.2 Å². The minimum absolute atomic E-state index is 0.0136. The van der Waals surface area contributed by atoms with E-state index in [9.17, 15) is 14.3 Å². The molecule has 0 aliphatic carbocycles. The van der Waals surface area contributed by atoms with Crippen molar-refractivity contribution in [2.24, 2.45) is 5.92 Å². The van der Waals surface area contributed by atoms with Crippen LogP contribution in [0.4, 0.5) is 4.39 Å². The Morgan fingerprint density at radius 1 is 1.40 bits per heavy atom. The number of aliphatic hydroxyl groups excluding tert-OH is 1. The Kier molecular flexibility index (Phi) is 6.61. The summed E-state index contributed by atoms with van der Waals surface area (Å²) in [4.78, 5) is 11.8. The molecule has 20 heavy (non-hydrogen) atoms. The second-order valence-electron chi connectivity index (χ2n) is 5.23. The number of rotatable bonds is 7. The van der Waals surface area contributed by atoms with Gasteiger partial charge in [0.05, 0.1) is 18.3 Å². The number of hydrogen-bond donors (Lipinski definition) is 2. The second-order valence-corrected chi connectivity index (χ2v) is 5.23. The lowest BCUT2D eigenvalue weighted by atomic mass is 10.1. The predicted molar refractivity (Wildman–Crippen MR) is 75.1 cm³/mol. The molecular formula is C15H22FNO3. The van der Waals surface area contributed by atoms with Crippen LogP contribution in [0.25, 0.3) is 0 Å². The average Bonchev–Trinajstić information content (AvgIpc) is 2.38. The summed E-state index contributed by atoms with van der Waals surface area (Å²) in [5.74, 6) is -0.678. The van der Waals surface area contributed by atoms with Crippen LogP contribution in [0.2, 0.25) is 0 Å². The van der Waals surface area contributed by atoms with Crippen molar-refractivity contribution in [1.82, 2.24) is 5.32 Å². The highest BCUT2D eigenvalue weighted by Crippen LogP contribution is 2.11. The Morgan fingerprint density at radius 2 is 2.10 bits per heavy atom. The molecule has 0 saturated carbocycles. The topological polar surface area (TPSA) is 58.6 Å². The van der Waals surface area contributed by atoms with Gasteiger partial charge in [-0.2, -0.15) is 0 Å². The van der Waals surface area contributed by atoms with Gasteiger partial charge in [-0.3, -0.25) is 4.79 Å². The molecule has 0 bridgehead atoms. The quantitative estimate of drug-likeness (QED) is 0.803. The van der Waals surface area contributed by atoms with Crippen LogP contribution in [0.3, 0.4) is 0 Å². The maximum Gasteiger partial charge on any atom is 0.254 e. The van der Waals surface area contributed by atoms with E-state index in [1.54, 1.807) is 19.1 Å². The summed E-state index contributed by atoms with van der Waals surface area (Å²) < 4.78 is 19.0. The van der Waals surface area contributed by atoms with Crippen LogP contribution in [0.1, 0.15) is 29.8 Å². The van der Waals surface area contributed by atoms with E-state index in [2.05, 4.69) is 5.32 Å². The molecule has 5 heteroatoms. The maximum atomic E-state index is 13.7. The molecule has 0 saturated heterocycles. The predicted octanol–water partition coefficient (Wildman–Crippen LogP) is 1.90. The first-order valence-electron chi connectivity index (χ1n) is 6.71. The Bertz CT molecular complexity index is 449. The number of aliphatic hydroxyl groups is 1. The Labute approximate surface area is 119 Å². The average molecular weight is 283 g/mol. The first-order valence-corrected chi connectivity index (χ1v) is 6.71. The summed E-state index contributed by atoms with van der Waals surface area (Å²) in [6.07, 6.45) is -0.800. The highest BCUT2D eigenvalue weighted by Gasteiger charge is 2.14. The van der Waals surface area contributed by atoms with Crippen LogP contribution in [0.15, 0.2) is 18.2 Å². The van der Waals surface area contributed by atoms with E-state index in [-0.39, 0.29) is 18.7 Å². The van der Waals surface area contributed by atoms with Gasteiger partial charge in [-0.1, -0.05) is 26.0 Å². The second kappa shape index (κ2) is 7.97. The summed E-state index contributed by atoms with van der Waals surface area (Å²) in [5, 5.41) is 12.1. The number of amides is 1. The fraction of sp³-hybridized carbons (Fsp3) is 0.533. The van der Waals surface area contributed by atoms with Crippen molar-refractivity contribution < 1.29 is 19.0 Å². The Morgan fingerprint density at radius 3 is 2.75 bits per heavy atom. The van der Waals surface area contributed by atoms with E-state index in [0.717, 1.165) is 0 Å². The first kappa shape index (κ1) is 16.6. The first-order chi connectivity index (χ1) is 9.41. The van der Waals surface area contributed by atoms with Crippen molar-refractivity contribution in [3.05, 3.63) is 35.1 Å². The standard InChI is InChI=1S/C15H22FNO3/c1-10(2)8-20-9-12(18)7-17-15(19)13-6-4-5-11(3)14(13)16/h4-6,10,12,18H,7-9H2,1-3H3,(H,17,19). The minimum Gasteiger partial charge on any atom is -0.389 e. The van der Waals surface area contributed by atoms with Crippen molar-refractivity contribution in [3.63, 3.8) is 0 Å². The normalized spacial score (nSPS) is 12.5. The van der Waals surface area contributed by atoms with Gasteiger partial charge in [0, 0.05) is 13.2 Å². The van der Waals surface area contributed by atoms with Crippen molar-refractivity contribution in [1.29, 1.82) is 0 Å². The van der Waals surface area contributed by atoms with Crippen molar-refractivity contribution in [2.45, 2.75) is 26.9 Å². The zero-order chi connectivity index (χ0) is 15.1. The molecular weight excluding hydrogens is 261 g/mol. The highest BCUT2D eigenvalue weighted by molar-refractivity contribution is 5.94. The summed E-state index contributed by atoms with van der Waals surface area (Å²) in [7, 11) is 0. The SMILES string of the molecule is Cc1cccc(C(=O)NCC(O)COCC(C)C)c1F. The molecule has 1 unspecified atom stereocenters. The fourth-order valence-corrected chi connectivity index (χ4v) is 1.63. The third-order valence-corrected chi connectivity index (χ3v) is 2.70. The van der Waals surface area contributed by atoms with Crippen molar-refractivity contribution in [3.8, 4) is 0 Å². The molecule has 0 aliphatic heterocycles. The summed E-state index contributed by atoms with van der Waals surface area (Å²) in [6, 6.07) is 4.63. The molecule has 1 aromatic rings. The summed E-state index contributed by atoms with van der Waals surface area (Å²) >= 11 is 0. The van der Waals surface area contributed by atoms with E-state index >= 15 is 0 Å². The lowest BCUT2D eigenvalue weighted by Gasteiger charge is -2.14. The number of halogens is 1. The van der Waals surface area contributed by atoms with Crippen LogP contribution < -0.4 is 5.32 Å². The largest absolute Gasteiger partial charge is 0.389 e. The lowest BCUT2D eigenvalue weighted by Crippen LogP contribution is -2.35. The zero-order valence-electron chi connectivity index (χ0n) is 12.1. The number of ether oxygens (including phenoxy) is 1. The molecule has 1 atom stereocenters. The zero-order valence-corrected chi connectivity index (χ0v) is 12.1. The third-order valence-electron chi connectivity index (χ3n) is 2.70. The molecule has 0 fully saturated rings.